The molecule has 6 rings (SSSR count). The van der Waals surface area contributed by atoms with Crippen LogP contribution < -0.4 is 24.8 Å². The lowest BCUT2D eigenvalue weighted by atomic mass is 10.0. The minimum absolute atomic E-state index is 0.0661. The Kier molecular flexibility index (Phi) is 7.05. The van der Waals surface area contributed by atoms with Crippen LogP contribution in [0.4, 0.5) is 23.1 Å². The van der Waals surface area contributed by atoms with Crippen LogP contribution in [0.1, 0.15) is 62.2 Å². The third-order valence-corrected chi connectivity index (χ3v) is 8.78. The second kappa shape index (κ2) is 10.6. The molecule has 1 aromatic heterocycles. The van der Waals surface area contributed by atoms with E-state index in [1.54, 1.807) is 11.1 Å². The number of nitrogens with one attached hydrogen (secondary N) is 1. The summed E-state index contributed by atoms with van der Waals surface area (Å²) < 4.78 is 6.00. The van der Waals surface area contributed by atoms with Crippen LogP contribution in [0.15, 0.2) is 24.4 Å². The van der Waals surface area contributed by atoms with Gasteiger partial charge in [0, 0.05) is 24.7 Å². The molecular formula is C29H39N7O3. The van der Waals surface area contributed by atoms with Gasteiger partial charge in [-0.3, -0.25) is 9.59 Å². The van der Waals surface area contributed by atoms with Crippen LogP contribution >= 0.6 is 0 Å². The molecule has 0 unspecified atom stereocenters. The van der Waals surface area contributed by atoms with Gasteiger partial charge in [-0.1, -0.05) is 19.8 Å². The molecule has 1 aliphatic carbocycles. The smallest absolute Gasteiger partial charge is 0.251 e. The average Bonchev–Trinajstić information content (AvgIpc) is 3.49. The number of aromatic nitrogens is 2. The van der Waals surface area contributed by atoms with Crippen molar-refractivity contribution in [1.82, 2.24) is 20.2 Å². The Morgan fingerprint density at radius 1 is 1.08 bits per heavy atom. The summed E-state index contributed by atoms with van der Waals surface area (Å²) in [5.41, 5.74) is 2.20. The average molecular weight is 534 g/mol. The number of hydrogen-bond acceptors (Lipinski definition) is 8. The molecule has 3 aliphatic heterocycles. The van der Waals surface area contributed by atoms with Crippen molar-refractivity contribution in [3.8, 4) is 5.75 Å². The minimum atomic E-state index is -0.212. The molecule has 1 aromatic carbocycles. The molecule has 1 atom stereocenters. The van der Waals surface area contributed by atoms with E-state index in [9.17, 15) is 9.59 Å². The standard InChI is InChI=1S/C29H39N7O3/c1-4-22-28(38)34(3)24-18-30-29(32-26(24)36(22)21-7-5-6-8-21)35-15-16-39-25-17-19(9-10-23(25)35)27(37)31-20-11-13-33(2)14-12-20/h9-10,17-18,20-22H,4-8,11-16H2,1-3H3,(H,31,37)/t22-/m1/s1. The summed E-state index contributed by atoms with van der Waals surface area (Å²) in [5.74, 6) is 2.12. The number of ether oxygens (including phenoxy) is 1. The van der Waals surface area contributed by atoms with Gasteiger partial charge in [0.05, 0.1) is 18.4 Å². The Bertz CT molecular complexity index is 1240. The van der Waals surface area contributed by atoms with Gasteiger partial charge in [0.2, 0.25) is 11.9 Å². The van der Waals surface area contributed by atoms with E-state index in [1.807, 2.05) is 25.2 Å². The summed E-state index contributed by atoms with van der Waals surface area (Å²) in [7, 11) is 3.93. The third kappa shape index (κ3) is 4.79. The molecule has 1 N–H and O–H groups in total. The first-order valence-corrected chi connectivity index (χ1v) is 14.4. The fourth-order valence-electron chi connectivity index (χ4n) is 6.49. The van der Waals surface area contributed by atoms with Crippen LogP contribution in [-0.4, -0.2) is 85.1 Å². The van der Waals surface area contributed by atoms with Crippen molar-refractivity contribution in [3.05, 3.63) is 30.0 Å². The fourth-order valence-corrected chi connectivity index (χ4v) is 6.49. The van der Waals surface area contributed by atoms with Crippen molar-refractivity contribution < 1.29 is 14.3 Å². The highest BCUT2D eigenvalue weighted by molar-refractivity contribution is 6.04. The summed E-state index contributed by atoms with van der Waals surface area (Å²) in [5, 5.41) is 3.19. The molecule has 10 nitrogen and oxygen atoms in total. The number of anilines is 4. The van der Waals surface area contributed by atoms with Gasteiger partial charge in [-0.05, 0) is 70.4 Å². The van der Waals surface area contributed by atoms with E-state index in [0.29, 0.717) is 36.5 Å². The van der Waals surface area contributed by atoms with Crippen molar-refractivity contribution in [1.29, 1.82) is 0 Å². The SMILES string of the molecule is CC[C@@H]1C(=O)N(C)c2cnc(N3CCOc4cc(C(=O)NC5CCN(C)CC5)ccc43)nc2N1C1CCCC1. The van der Waals surface area contributed by atoms with Gasteiger partial charge >= 0.3 is 0 Å². The summed E-state index contributed by atoms with van der Waals surface area (Å²) in [4.78, 5) is 44.4. The van der Waals surface area contributed by atoms with Crippen LogP contribution in [0.5, 0.6) is 5.75 Å². The van der Waals surface area contributed by atoms with Crippen LogP contribution in [-0.2, 0) is 4.79 Å². The molecule has 2 amide bonds. The summed E-state index contributed by atoms with van der Waals surface area (Å²) in [6.07, 6.45) is 8.96. The zero-order chi connectivity index (χ0) is 27.1. The Hall–Kier alpha value is -3.40. The molecule has 2 aromatic rings. The van der Waals surface area contributed by atoms with Crippen molar-refractivity contribution in [2.45, 2.75) is 70.0 Å². The Labute approximate surface area is 230 Å². The number of fused-ring (bicyclic) bond motifs is 2. The van der Waals surface area contributed by atoms with Crippen molar-refractivity contribution >= 4 is 35.0 Å². The van der Waals surface area contributed by atoms with Crippen LogP contribution in [0.2, 0.25) is 0 Å². The number of carbonyl (C=O) groups excluding carboxylic acids is 2. The maximum Gasteiger partial charge on any atom is 0.251 e. The maximum atomic E-state index is 13.2. The molecule has 208 valence electrons. The number of benzene rings is 1. The largest absolute Gasteiger partial charge is 0.490 e. The van der Waals surface area contributed by atoms with E-state index in [0.717, 1.165) is 62.4 Å². The molecule has 1 saturated carbocycles. The summed E-state index contributed by atoms with van der Waals surface area (Å²) in [6.45, 7) is 5.13. The third-order valence-electron chi connectivity index (χ3n) is 8.78. The van der Waals surface area contributed by atoms with E-state index >= 15 is 0 Å². The number of carbonyl (C=O) groups is 2. The van der Waals surface area contributed by atoms with Gasteiger partial charge < -0.3 is 29.7 Å². The molecule has 0 bridgehead atoms. The lowest BCUT2D eigenvalue weighted by Crippen LogP contribution is -2.55. The topological polar surface area (TPSA) is 94.1 Å². The van der Waals surface area contributed by atoms with E-state index < -0.39 is 0 Å². The molecule has 10 heteroatoms. The quantitative estimate of drug-likeness (QED) is 0.626. The van der Waals surface area contributed by atoms with Crippen molar-refractivity contribution in [3.63, 3.8) is 0 Å². The molecule has 0 spiro atoms. The normalized spacial score (nSPS) is 22.5. The van der Waals surface area contributed by atoms with Gasteiger partial charge in [-0.15, -0.1) is 0 Å². The van der Waals surface area contributed by atoms with Crippen molar-refractivity contribution in [2.75, 3.05) is 55.0 Å². The molecular weight excluding hydrogens is 494 g/mol. The zero-order valence-electron chi connectivity index (χ0n) is 23.2. The lowest BCUT2D eigenvalue weighted by molar-refractivity contribution is -0.120. The highest BCUT2D eigenvalue weighted by Gasteiger charge is 2.41. The van der Waals surface area contributed by atoms with E-state index in [2.05, 4.69) is 34.0 Å². The second-order valence-corrected chi connectivity index (χ2v) is 11.3. The predicted octanol–water partition coefficient (Wildman–Crippen LogP) is 3.34. The molecule has 39 heavy (non-hydrogen) atoms. The van der Waals surface area contributed by atoms with Gasteiger partial charge in [-0.25, -0.2) is 4.98 Å². The van der Waals surface area contributed by atoms with Gasteiger partial charge in [0.15, 0.2) is 5.82 Å². The maximum absolute atomic E-state index is 13.2. The first kappa shape index (κ1) is 25.9. The number of likely N-dealkylation sites (N-methyl/N-ethyl adjacent to an activating group) is 1. The summed E-state index contributed by atoms with van der Waals surface area (Å²) in [6, 6.07) is 5.92. The summed E-state index contributed by atoms with van der Waals surface area (Å²) >= 11 is 0. The molecule has 0 radical (unpaired) electrons. The molecule has 1 saturated heterocycles. The molecule has 4 aliphatic rings. The monoisotopic (exact) mass is 533 g/mol. The fraction of sp³-hybridized carbons (Fsp3) is 0.586. The van der Waals surface area contributed by atoms with E-state index in [1.165, 1.54) is 12.8 Å². The van der Waals surface area contributed by atoms with Crippen LogP contribution in [0.3, 0.4) is 0 Å². The number of nitrogens with zero attached hydrogens (tertiary/aromatic N) is 6. The number of hydrogen-bond donors (Lipinski definition) is 1. The highest BCUT2D eigenvalue weighted by atomic mass is 16.5. The molecule has 2 fully saturated rings. The van der Waals surface area contributed by atoms with E-state index in [-0.39, 0.29) is 23.9 Å². The number of likely N-dealkylation sites (tertiary alicyclic amines) is 1. The molecule has 4 heterocycles. The predicted molar refractivity (Wildman–Crippen MR) is 151 cm³/mol. The number of piperidine rings is 1. The highest BCUT2D eigenvalue weighted by Crippen LogP contribution is 2.42. The van der Waals surface area contributed by atoms with Gasteiger partial charge in [0.25, 0.3) is 5.91 Å². The van der Waals surface area contributed by atoms with Crippen LogP contribution in [0, 0.1) is 0 Å². The van der Waals surface area contributed by atoms with Crippen molar-refractivity contribution in [2.24, 2.45) is 0 Å². The number of rotatable bonds is 5. The van der Waals surface area contributed by atoms with Crippen LogP contribution in [0.25, 0.3) is 0 Å². The first-order chi connectivity index (χ1) is 18.9. The van der Waals surface area contributed by atoms with E-state index in [4.69, 9.17) is 14.7 Å². The zero-order valence-corrected chi connectivity index (χ0v) is 23.2. The Morgan fingerprint density at radius 3 is 2.59 bits per heavy atom. The number of amides is 2. The Balaban J connectivity index is 1.28. The Morgan fingerprint density at radius 2 is 1.85 bits per heavy atom. The lowest BCUT2D eigenvalue weighted by Gasteiger charge is -2.44. The first-order valence-electron chi connectivity index (χ1n) is 14.4. The van der Waals surface area contributed by atoms with Gasteiger partial charge in [0.1, 0.15) is 24.1 Å². The second-order valence-electron chi connectivity index (χ2n) is 11.3. The minimum Gasteiger partial charge on any atom is -0.490 e. The van der Waals surface area contributed by atoms with Gasteiger partial charge in [-0.2, -0.15) is 4.98 Å².